The number of carboxylic acids is 1. The summed E-state index contributed by atoms with van der Waals surface area (Å²) in [6, 6.07) is 17.5. The van der Waals surface area contributed by atoms with Crippen molar-refractivity contribution in [2.75, 3.05) is 0 Å². The third-order valence-electron chi connectivity index (χ3n) is 7.73. The van der Waals surface area contributed by atoms with Gasteiger partial charge in [-0.05, 0) is 92.5 Å². The van der Waals surface area contributed by atoms with Crippen molar-refractivity contribution in [1.82, 2.24) is 9.97 Å². The molecule has 2 aliphatic carbocycles. The highest BCUT2D eigenvalue weighted by atomic mass is 19.4. The van der Waals surface area contributed by atoms with Crippen molar-refractivity contribution in [2.24, 2.45) is 0 Å². The minimum Gasteiger partial charge on any atom is -0.481 e. The van der Waals surface area contributed by atoms with Crippen molar-refractivity contribution in [1.29, 1.82) is 0 Å². The molecular formula is C33H28F6N2O2. The summed E-state index contributed by atoms with van der Waals surface area (Å²) >= 11 is 0. The van der Waals surface area contributed by atoms with E-state index >= 15 is 0 Å². The fraction of sp³-hybridized carbons (Fsp3) is 0.303. The number of halogens is 6. The second kappa shape index (κ2) is 12.2. The Hall–Kier alpha value is -4.21. The number of fused-ring (bicyclic) bond motifs is 2. The molecule has 2 aromatic carbocycles. The van der Waals surface area contributed by atoms with E-state index in [1.165, 1.54) is 17.7 Å². The van der Waals surface area contributed by atoms with E-state index in [0.717, 1.165) is 74.0 Å². The highest BCUT2D eigenvalue weighted by Crippen LogP contribution is 2.35. The molecule has 2 heterocycles. The van der Waals surface area contributed by atoms with Crippen molar-refractivity contribution in [3.05, 3.63) is 106 Å². The quantitative estimate of drug-likeness (QED) is 0.239. The van der Waals surface area contributed by atoms with E-state index in [-0.39, 0.29) is 0 Å². The molecule has 0 saturated carbocycles. The number of carbonyl (C=O) groups is 1. The number of aryl methyl sites for hydroxylation is 3. The molecule has 0 saturated heterocycles. The lowest BCUT2D eigenvalue weighted by atomic mass is 9.86. The number of rotatable bonds is 3. The van der Waals surface area contributed by atoms with Crippen LogP contribution in [-0.4, -0.2) is 21.0 Å². The summed E-state index contributed by atoms with van der Waals surface area (Å²) in [6.07, 6.45) is -2.51. The molecule has 0 radical (unpaired) electrons. The maximum Gasteiger partial charge on any atom is 0.416 e. The fourth-order valence-electron chi connectivity index (χ4n) is 5.50. The predicted octanol–water partition coefficient (Wildman–Crippen LogP) is 8.92. The Kier molecular flexibility index (Phi) is 8.57. The molecule has 4 aromatic rings. The second-order valence-electron chi connectivity index (χ2n) is 10.7. The minimum atomic E-state index is -4.42. The molecule has 0 amide bonds. The molecule has 0 bridgehead atoms. The third-order valence-corrected chi connectivity index (χ3v) is 7.73. The normalized spacial score (nSPS) is 16.4. The molecule has 1 atom stereocenters. The van der Waals surface area contributed by atoms with Gasteiger partial charge in [0.05, 0.1) is 34.1 Å². The van der Waals surface area contributed by atoms with Crippen LogP contribution in [0.5, 0.6) is 0 Å². The van der Waals surface area contributed by atoms with E-state index in [0.29, 0.717) is 34.6 Å². The molecule has 0 aliphatic heterocycles. The van der Waals surface area contributed by atoms with Crippen LogP contribution < -0.4 is 0 Å². The van der Waals surface area contributed by atoms with E-state index in [1.807, 2.05) is 12.1 Å². The van der Waals surface area contributed by atoms with Gasteiger partial charge in [0, 0.05) is 16.8 Å². The molecule has 0 spiro atoms. The first-order valence-corrected chi connectivity index (χ1v) is 14.0. The van der Waals surface area contributed by atoms with Gasteiger partial charge in [0.25, 0.3) is 0 Å². The zero-order valence-corrected chi connectivity index (χ0v) is 23.0. The highest BCUT2D eigenvalue weighted by Gasteiger charge is 2.32. The maximum absolute atomic E-state index is 12.8. The van der Waals surface area contributed by atoms with E-state index in [4.69, 9.17) is 0 Å². The Bertz CT molecular complexity index is 1630. The Labute approximate surface area is 244 Å². The Balaban J connectivity index is 0.000000173. The van der Waals surface area contributed by atoms with E-state index in [2.05, 4.69) is 9.97 Å². The van der Waals surface area contributed by atoms with Crippen LogP contribution in [0.15, 0.2) is 72.8 Å². The number of carboxylic acid groups (broad SMARTS) is 1. The van der Waals surface area contributed by atoms with Crippen LogP contribution >= 0.6 is 0 Å². The van der Waals surface area contributed by atoms with Crippen LogP contribution in [0.1, 0.15) is 65.2 Å². The topological polar surface area (TPSA) is 63.1 Å². The van der Waals surface area contributed by atoms with Crippen molar-refractivity contribution >= 4 is 5.97 Å². The molecule has 224 valence electrons. The lowest BCUT2D eigenvalue weighted by Crippen LogP contribution is -2.19. The van der Waals surface area contributed by atoms with Crippen LogP contribution in [0.2, 0.25) is 0 Å². The first-order valence-electron chi connectivity index (χ1n) is 14.0. The van der Waals surface area contributed by atoms with Gasteiger partial charge in [0.2, 0.25) is 0 Å². The number of benzene rings is 2. The van der Waals surface area contributed by atoms with Gasteiger partial charge in [-0.15, -0.1) is 0 Å². The molecule has 43 heavy (non-hydrogen) atoms. The van der Waals surface area contributed by atoms with E-state index in [1.54, 1.807) is 24.3 Å². The Morgan fingerprint density at radius 3 is 1.79 bits per heavy atom. The largest absolute Gasteiger partial charge is 0.481 e. The van der Waals surface area contributed by atoms with Crippen LogP contribution in [0, 0.1) is 0 Å². The maximum atomic E-state index is 12.8. The average molecular weight is 599 g/mol. The molecule has 6 rings (SSSR count). The van der Waals surface area contributed by atoms with Crippen LogP contribution in [-0.2, 0) is 36.4 Å². The average Bonchev–Trinajstić information content (AvgIpc) is 3.00. The van der Waals surface area contributed by atoms with Gasteiger partial charge in [-0.25, -0.2) is 0 Å². The van der Waals surface area contributed by atoms with Crippen molar-refractivity contribution in [3.8, 4) is 22.5 Å². The van der Waals surface area contributed by atoms with Crippen LogP contribution in [0.3, 0.4) is 0 Å². The fourth-order valence-corrected chi connectivity index (χ4v) is 5.50. The number of aromatic nitrogens is 2. The summed E-state index contributed by atoms with van der Waals surface area (Å²) in [5.41, 5.74) is 4.06. The first kappa shape index (κ1) is 30.3. The van der Waals surface area contributed by atoms with Gasteiger partial charge in [-0.3, -0.25) is 14.8 Å². The van der Waals surface area contributed by atoms with Gasteiger partial charge in [0.1, 0.15) is 0 Å². The van der Waals surface area contributed by atoms with Crippen LogP contribution in [0.25, 0.3) is 22.5 Å². The van der Waals surface area contributed by atoms with Crippen molar-refractivity contribution in [3.63, 3.8) is 0 Å². The standard InChI is InChI=1S/C17H14F3NO2.C16H14F3N/c18-17(19,20)12-5-1-4-11(9-12)14-8-7-10-3-2-6-13(16(22)23)15(10)21-14;17-16(18,19)13-6-3-5-12(10-13)15-9-8-11-4-1-2-7-14(11)20-15/h1,4-5,7-9,13H,2-3,6H2,(H,22,23);3,5-6,8-10H,1-2,4,7H2. The third kappa shape index (κ3) is 7.06. The molecule has 10 heteroatoms. The van der Waals surface area contributed by atoms with E-state index in [9.17, 15) is 36.2 Å². The Morgan fingerprint density at radius 2 is 1.21 bits per heavy atom. The number of aliphatic carboxylic acids is 1. The number of alkyl halides is 6. The summed E-state index contributed by atoms with van der Waals surface area (Å²) in [7, 11) is 0. The predicted molar refractivity (Wildman–Crippen MR) is 149 cm³/mol. The van der Waals surface area contributed by atoms with Crippen LogP contribution in [0.4, 0.5) is 26.3 Å². The number of hydrogen-bond acceptors (Lipinski definition) is 3. The summed E-state index contributed by atoms with van der Waals surface area (Å²) in [5.74, 6) is -1.64. The van der Waals surface area contributed by atoms with Gasteiger partial charge >= 0.3 is 18.3 Å². The van der Waals surface area contributed by atoms with Gasteiger partial charge in [-0.2, -0.15) is 26.3 Å². The summed E-state index contributed by atoms with van der Waals surface area (Å²) in [5, 5.41) is 9.31. The van der Waals surface area contributed by atoms with Gasteiger partial charge in [-0.1, -0.05) is 36.4 Å². The monoisotopic (exact) mass is 598 g/mol. The smallest absolute Gasteiger partial charge is 0.416 e. The van der Waals surface area contributed by atoms with Gasteiger partial charge < -0.3 is 5.11 Å². The SMILES string of the molecule is FC(F)(F)c1cccc(-c2ccc3c(n2)CCCC3)c1.O=C(O)C1CCCc2ccc(-c3cccc(C(F)(F)F)c3)nc21. The lowest BCUT2D eigenvalue weighted by molar-refractivity contribution is -0.139. The summed E-state index contributed by atoms with van der Waals surface area (Å²) < 4.78 is 76.7. The first-order chi connectivity index (χ1) is 20.4. The molecule has 4 nitrogen and oxygen atoms in total. The molecule has 1 N–H and O–H groups in total. The second-order valence-corrected chi connectivity index (χ2v) is 10.7. The zero-order chi connectivity index (χ0) is 30.8. The summed E-state index contributed by atoms with van der Waals surface area (Å²) in [6.45, 7) is 0. The van der Waals surface area contributed by atoms with Crippen molar-refractivity contribution in [2.45, 2.75) is 63.2 Å². The molecule has 0 fully saturated rings. The summed E-state index contributed by atoms with van der Waals surface area (Å²) in [4.78, 5) is 20.3. The van der Waals surface area contributed by atoms with Crippen molar-refractivity contribution < 1.29 is 36.2 Å². The highest BCUT2D eigenvalue weighted by molar-refractivity contribution is 5.77. The number of pyridine rings is 2. The molecule has 2 aliphatic rings. The Morgan fingerprint density at radius 1 is 0.674 bits per heavy atom. The zero-order valence-electron chi connectivity index (χ0n) is 23.0. The van der Waals surface area contributed by atoms with Gasteiger partial charge in [0.15, 0.2) is 0 Å². The van der Waals surface area contributed by atoms with E-state index < -0.39 is 35.4 Å². The minimum absolute atomic E-state index is 0.331. The lowest BCUT2D eigenvalue weighted by Gasteiger charge is -2.22. The molecule has 2 aromatic heterocycles. The molecular weight excluding hydrogens is 570 g/mol. The number of nitrogens with zero attached hydrogens (tertiary/aromatic N) is 2. The number of hydrogen-bond donors (Lipinski definition) is 1. The molecule has 1 unspecified atom stereocenters.